The molecule has 1 aromatic rings. The molecule has 0 bridgehead atoms. The maximum Gasteiger partial charge on any atom is 0.573 e. The molecule has 14 heavy (non-hydrogen) atoms. The fraction of sp³-hybridized carbons (Fsp3) is 0.286. The summed E-state index contributed by atoms with van der Waals surface area (Å²) >= 11 is 3.65. The van der Waals surface area contributed by atoms with Crippen LogP contribution in [0.1, 0.15) is 5.56 Å². The lowest BCUT2D eigenvalue weighted by Crippen LogP contribution is -2.18. The summed E-state index contributed by atoms with van der Waals surface area (Å²) in [5.74, 6) is -0.254. The Labute approximate surface area is 106 Å². The molecule has 0 saturated heterocycles. The molecule has 1 aromatic heterocycles. The van der Waals surface area contributed by atoms with Gasteiger partial charge in [0.05, 0.1) is 0 Å². The standard InChI is InChI=1S/C7H4F3I2NO/c1-3-2-4(14-7(8,9)10)6(12)13-5(3)11/h2H,1H3. The van der Waals surface area contributed by atoms with Gasteiger partial charge in [-0.3, -0.25) is 0 Å². The highest BCUT2D eigenvalue weighted by Gasteiger charge is 2.32. The minimum atomic E-state index is -4.67. The highest BCUT2D eigenvalue weighted by atomic mass is 127. The molecule has 0 amide bonds. The fourth-order valence-electron chi connectivity index (χ4n) is 0.741. The largest absolute Gasteiger partial charge is 0.573 e. The monoisotopic (exact) mass is 429 g/mol. The summed E-state index contributed by atoms with van der Waals surface area (Å²) in [6, 6.07) is 1.32. The van der Waals surface area contributed by atoms with Crippen LogP contribution in [0.2, 0.25) is 0 Å². The van der Waals surface area contributed by atoms with Gasteiger partial charge in [0.1, 0.15) is 7.40 Å². The van der Waals surface area contributed by atoms with E-state index < -0.39 is 6.36 Å². The third kappa shape index (κ3) is 3.41. The predicted octanol–water partition coefficient (Wildman–Crippen LogP) is 3.50. The molecule has 0 aliphatic heterocycles. The quantitative estimate of drug-likeness (QED) is 0.504. The third-order valence-electron chi connectivity index (χ3n) is 1.30. The molecule has 1 heterocycles. The Balaban J connectivity index is 3.04. The van der Waals surface area contributed by atoms with Gasteiger partial charge in [-0.15, -0.1) is 13.2 Å². The molecule has 7 heteroatoms. The van der Waals surface area contributed by atoms with Crippen molar-refractivity contribution in [3.8, 4) is 5.75 Å². The second-order valence-corrected chi connectivity index (χ2v) is 4.48. The number of pyridine rings is 1. The van der Waals surface area contributed by atoms with Crippen molar-refractivity contribution in [2.24, 2.45) is 0 Å². The zero-order chi connectivity index (χ0) is 10.9. The SMILES string of the molecule is Cc1cc(OC(F)(F)F)c(I)nc1I. The van der Waals surface area contributed by atoms with Crippen LogP contribution in [0, 0.1) is 14.3 Å². The molecule has 0 N–H and O–H groups in total. The Morgan fingerprint density at radius 1 is 1.29 bits per heavy atom. The molecule has 78 valence electrons. The molecule has 0 aliphatic rings. The van der Waals surface area contributed by atoms with Gasteiger partial charge in [0.25, 0.3) is 0 Å². The van der Waals surface area contributed by atoms with Crippen LogP contribution in [0.3, 0.4) is 0 Å². The van der Waals surface area contributed by atoms with Gasteiger partial charge in [-0.25, -0.2) is 4.98 Å². The van der Waals surface area contributed by atoms with Crippen LogP contribution in [-0.4, -0.2) is 11.3 Å². The number of ether oxygens (including phenoxy) is 1. The van der Waals surface area contributed by atoms with Crippen molar-refractivity contribution >= 4 is 45.2 Å². The number of aromatic nitrogens is 1. The van der Waals surface area contributed by atoms with Gasteiger partial charge in [0, 0.05) is 0 Å². The zero-order valence-corrected chi connectivity index (χ0v) is 11.1. The van der Waals surface area contributed by atoms with E-state index in [0.29, 0.717) is 9.26 Å². The minimum Gasteiger partial charge on any atom is -0.403 e. The molecular formula is C7H4F3I2NO. The first-order chi connectivity index (χ1) is 6.29. The molecule has 0 fully saturated rings. The lowest BCUT2D eigenvalue weighted by atomic mass is 10.3. The van der Waals surface area contributed by atoms with E-state index in [2.05, 4.69) is 9.72 Å². The smallest absolute Gasteiger partial charge is 0.403 e. The lowest BCUT2D eigenvalue weighted by molar-refractivity contribution is -0.275. The zero-order valence-electron chi connectivity index (χ0n) is 6.82. The molecule has 0 spiro atoms. The Morgan fingerprint density at radius 2 is 1.86 bits per heavy atom. The van der Waals surface area contributed by atoms with Crippen molar-refractivity contribution in [3.63, 3.8) is 0 Å². The van der Waals surface area contributed by atoms with Crippen LogP contribution < -0.4 is 4.74 Å². The van der Waals surface area contributed by atoms with Crippen molar-refractivity contribution in [3.05, 3.63) is 19.0 Å². The highest BCUT2D eigenvalue weighted by Crippen LogP contribution is 2.28. The molecule has 0 aliphatic carbocycles. The summed E-state index contributed by atoms with van der Waals surface area (Å²) in [4.78, 5) is 3.91. The maximum absolute atomic E-state index is 11.9. The summed E-state index contributed by atoms with van der Waals surface area (Å²) in [6.07, 6.45) is -4.67. The molecular weight excluding hydrogens is 425 g/mol. The second-order valence-electron chi connectivity index (χ2n) is 2.43. The summed E-state index contributed by atoms with van der Waals surface area (Å²) in [7, 11) is 0. The highest BCUT2D eigenvalue weighted by molar-refractivity contribution is 14.1. The van der Waals surface area contributed by atoms with E-state index in [1.807, 2.05) is 22.6 Å². The number of hydrogen-bond donors (Lipinski definition) is 0. The molecule has 0 saturated carbocycles. The summed E-state index contributed by atoms with van der Waals surface area (Å²) in [5.41, 5.74) is 0.658. The molecule has 1 rings (SSSR count). The van der Waals surface area contributed by atoms with E-state index in [1.54, 1.807) is 29.5 Å². The summed E-state index contributed by atoms with van der Waals surface area (Å²) in [6.45, 7) is 1.67. The Kier molecular flexibility index (Phi) is 3.83. The van der Waals surface area contributed by atoms with Crippen LogP contribution in [-0.2, 0) is 0 Å². The van der Waals surface area contributed by atoms with Crippen molar-refractivity contribution in [1.82, 2.24) is 4.98 Å². The van der Waals surface area contributed by atoms with Gasteiger partial charge in [0.2, 0.25) is 0 Å². The van der Waals surface area contributed by atoms with Gasteiger partial charge in [-0.05, 0) is 63.7 Å². The number of alkyl halides is 3. The first-order valence-corrected chi connectivity index (χ1v) is 5.54. The summed E-state index contributed by atoms with van der Waals surface area (Å²) in [5, 5.41) is 0. The summed E-state index contributed by atoms with van der Waals surface area (Å²) < 4.78 is 40.4. The van der Waals surface area contributed by atoms with Gasteiger partial charge >= 0.3 is 6.36 Å². The Bertz CT molecular complexity index is 354. The lowest BCUT2D eigenvalue weighted by Gasteiger charge is -2.11. The van der Waals surface area contributed by atoms with E-state index in [1.165, 1.54) is 6.07 Å². The fourth-order valence-corrected chi connectivity index (χ4v) is 2.11. The molecule has 0 radical (unpaired) electrons. The van der Waals surface area contributed by atoms with Crippen LogP contribution >= 0.6 is 45.2 Å². The van der Waals surface area contributed by atoms with Crippen molar-refractivity contribution in [1.29, 1.82) is 0 Å². The van der Waals surface area contributed by atoms with Crippen molar-refractivity contribution in [2.75, 3.05) is 0 Å². The number of aryl methyl sites for hydroxylation is 1. The number of hydrogen-bond acceptors (Lipinski definition) is 2. The van der Waals surface area contributed by atoms with Crippen LogP contribution in [0.25, 0.3) is 0 Å². The van der Waals surface area contributed by atoms with Gasteiger partial charge in [-0.1, -0.05) is 0 Å². The molecule has 0 unspecified atom stereocenters. The van der Waals surface area contributed by atoms with Crippen LogP contribution in [0.5, 0.6) is 5.75 Å². The van der Waals surface area contributed by atoms with E-state index in [0.717, 1.165) is 0 Å². The molecule has 0 aromatic carbocycles. The minimum absolute atomic E-state index is 0.204. The number of nitrogens with zero attached hydrogens (tertiary/aromatic N) is 1. The topological polar surface area (TPSA) is 22.1 Å². The van der Waals surface area contributed by atoms with E-state index in [4.69, 9.17) is 0 Å². The Hall–Kier alpha value is 0.200. The van der Waals surface area contributed by atoms with E-state index in [-0.39, 0.29) is 9.45 Å². The number of halogens is 5. The van der Waals surface area contributed by atoms with Crippen molar-refractivity contribution in [2.45, 2.75) is 13.3 Å². The Morgan fingerprint density at radius 3 is 2.36 bits per heavy atom. The molecule has 0 atom stereocenters. The average Bonchev–Trinajstić information content (AvgIpc) is 1.97. The van der Waals surface area contributed by atoms with Gasteiger partial charge < -0.3 is 4.74 Å². The maximum atomic E-state index is 11.9. The van der Waals surface area contributed by atoms with E-state index >= 15 is 0 Å². The van der Waals surface area contributed by atoms with Gasteiger partial charge in [-0.2, -0.15) is 0 Å². The van der Waals surface area contributed by atoms with Crippen LogP contribution in [0.15, 0.2) is 6.07 Å². The third-order valence-corrected chi connectivity index (χ3v) is 3.16. The first kappa shape index (κ1) is 12.3. The first-order valence-electron chi connectivity index (χ1n) is 3.38. The van der Waals surface area contributed by atoms with E-state index in [9.17, 15) is 13.2 Å². The van der Waals surface area contributed by atoms with Crippen molar-refractivity contribution < 1.29 is 17.9 Å². The predicted molar refractivity (Wildman–Crippen MR) is 61.1 cm³/mol. The number of rotatable bonds is 1. The van der Waals surface area contributed by atoms with Gasteiger partial charge in [0.15, 0.2) is 5.75 Å². The normalized spacial score (nSPS) is 11.6. The van der Waals surface area contributed by atoms with Crippen LogP contribution in [0.4, 0.5) is 13.2 Å². The average molecular weight is 429 g/mol. The second kappa shape index (κ2) is 4.37. The molecule has 2 nitrogen and oxygen atoms in total.